The number of rotatable bonds is 4. The highest BCUT2D eigenvalue weighted by Gasteiger charge is 2.11. The zero-order valence-corrected chi connectivity index (χ0v) is 6.96. The van der Waals surface area contributed by atoms with Crippen molar-refractivity contribution < 1.29 is 9.90 Å². The first kappa shape index (κ1) is 8.90. The molecule has 4 heteroatoms. The molecule has 0 radical (unpaired) electrons. The number of hydrogen-bond donors (Lipinski definition) is 2. The van der Waals surface area contributed by atoms with Crippen LogP contribution in [-0.4, -0.2) is 17.1 Å². The van der Waals surface area contributed by atoms with Gasteiger partial charge in [-0.15, -0.1) is 6.58 Å². The summed E-state index contributed by atoms with van der Waals surface area (Å²) in [6.07, 6.45) is 2.03. The number of hydrogen-bond acceptors (Lipinski definition) is 2. The Kier molecular flexibility index (Phi) is 4.70. The van der Waals surface area contributed by atoms with Gasteiger partial charge in [-0.2, -0.15) is 0 Å². The number of carbonyl (C=O) groups is 1. The van der Waals surface area contributed by atoms with Gasteiger partial charge in [0.2, 0.25) is 0 Å². The zero-order chi connectivity index (χ0) is 7.28. The maximum atomic E-state index is 10.2. The lowest BCUT2D eigenvalue weighted by Crippen LogP contribution is -2.29. The van der Waals surface area contributed by atoms with E-state index in [1.54, 1.807) is 6.08 Å². The third kappa shape index (κ3) is 3.47. The molecule has 9 heavy (non-hydrogen) atoms. The number of nitrogens with one attached hydrogen (secondary N) is 1. The van der Waals surface area contributed by atoms with Crippen LogP contribution < -0.4 is 3.53 Å². The van der Waals surface area contributed by atoms with Crippen molar-refractivity contribution in [3.63, 3.8) is 0 Å². The number of carboxylic acids is 1. The molecule has 0 spiro atoms. The summed E-state index contributed by atoms with van der Waals surface area (Å²) in [5, 5.41) is 8.39. The minimum Gasteiger partial charge on any atom is -0.480 e. The van der Waals surface area contributed by atoms with Gasteiger partial charge in [0.25, 0.3) is 0 Å². The molecule has 52 valence electrons. The van der Waals surface area contributed by atoms with Crippen molar-refractivity contribution >= 4 is 28.8 Å². The van der Waals surface area contributed by atoms with E-state index in [0.29, 0.717) is 6.42 Å². The Labute approximate surface area is 67.6 Å². The summed E-state index contributed by atoms with van der Waals surface area (Å²) < 4.78 is 2.60. The van der Waals surface area contributed by atoms with Crippen molar-refractivity contribution in [2.24, 2.45) is 0 Å². The van der Waals surface area contributed by atoms with Crippen LogP contribution in [0.1, 0.15) is 6.42 Å². The summed E-state index contributed by atoms with van der Waals surface area (Å²) in [5.74, 6) is -0.843. The monoisotopic (exact) mass is 241 g/mol. The Hall–Kier alpha value is -0.100. The molecule has 0 saturated carbocycles. The Bertz CT molecular complexity index is 116. The van der Waals surface area contributed by atoms with E-state index in [0.717, 1.165) is 0 Å². The first-order valence-electron chi connectivity index (χ1n) is 2.42. The lowest BCUT2D eigenvalue weighted by Gasteiger charge is -2.04. The molecule has 0 bridgehead atoms. The molecule has 0 aromatic rings. The Morgan fingerprint density at radius 1 is 2.00 bits per heavy atom. The van der Waals surface area contributed by atoms with E-state index in [-0.39, 0.29) is 0 Å². The fourth-order valence-corrected chi connectivity index (χ4v) is 0.879. The van der Waals surface area contributed by atoms with Crippen molar-refractivity contribution in [1.82, 2.24) is 3.53 Å². The van der Waals surface area contributed by atoms with Crippen LogP contribution in [-0.2, 0) is 4.79 Å². The maximum Gasteiger partial charge on any atom is 0.321 e. The number of aliphatic carboxylic acids is 1. The van der Waals surface area contributed by atoms with Gasteiger partial charge in [0.15, 0.2) is 0 Å². The summed E-state index contributed by atoms with van der Waals surface area (Å²) in [6, 6.07) is -0.497. The third-order valence-corrected chi connectivity index (χ3v) is 1.58. The highest BCUT2D eigenvalue weighted by molar-refractivity contribution is 14.1. The van der Waals surface area contributed by atoms with Crippen molar-refractivity contribution in [2.45, 2.75) is 12.5 Å². The van der Waals surface area contributed by atoms with Crippen LogP contribution in [0.2, 0.25) is 0 Å². The SMILES string of the molecule is C=CC[C@H](NI)C(=O)O. The van der Waals surface area contributed by atoms with Crippen molar-refractivity contribution in [2.75, 3.05) is 0 Å². The topological polar surface area (TPSA) is 49.3 Å². The van der Waals surface area contributed by atoms with Crippen LogP contribution in [0.25, 0.3) is 0 Å². The van der Waals surface area contributed by atoms with Gasteiger partial charge in [-0.1, -0.05) is 6.08 Å². The van der Waals surface area contributed by atoms with Gasteiger partial charge in [-0.25, -0.2) is 3.53 Å². The Morgan fingerprint density at radius 3 is 2.67 bits per heavy atom. The van der Waals surface area contributed by atoms with Crippen LogP contribution in [0.4, 0.5) is 0 Å². The second-order valence-electron chi connectivity index (χ2n) is 1.52. The molecular formula is C5H8INO2. The van der Waals surface area contributed by atoms with Crippen molar-refractivity contribution in [3.05, 3.63) is 12.7 Å². The van der Waals surface area contributed by atoms with Gasteiger partial charge in [-0.3, -0.25) is 4.79 Å². The zero-order valence-electron chi connectivity index (χ0n) is 4.80. The van der Waals surface area contributed by atoms with Crippen LogP contribution in [0.15, 0.2) is 12.7 Å². The summed E-state index contributed by atoms with van der Waals surface area (Å²) >= 11 is 1.81. The van der Waals surface area contributed by atoms with Crippen molar-refractivity contribution in [3.8, 4) is 0 Å². The first-order chi connectivity index (χ1) is 4.22. The van der Waals surface area contributed by atoms with E-state index in [1.807, 2.05) is 22.9 Å². The summed E-state index contributed by atoms with van der Waals surface area (Å²) in [7, 11) is 0. The molecule has 0 unspecified atom stereocenters. The van der Waals surface area contributed by atoms with Crippen LogP contribution in [0.3, 0.4) is 0 Å². The standard InChI is InChI=1S/C5H8INO2/c1-2-3-4(7-6)5(8)9/h2,4,7H,1,3H2,(H,8,9)/t4-/m0/s1. The molecule has 1 atom stereocenters. The smallest absolute Gasteiger partial charge is 0.321 e. The van der Waals surface area contributed by atoms with Gasteiger partial charge < -0.3 is 5.11 Å². The van der Waals surface area contributed by atoms with E-state index >= 15 is 0 Å². The predicted molar refractivity (Wildman–Crippen MR) is 43.4 cm³/mol. The summed E-state index contributed by atoms with van der Waals surface area (Å²) in [4.78, 5) is 10.2. The lowest BCUT2D eigenvalue weighted by molar-refractivity contribution is -0.138. The minimum absolute atomic E-state index is 0.457. The van der Waals surface area contributed by atoms with E-state index in [1.165, 1.54) is 0 Å². The van der Waals surface area contributed by atoms with Gasteiger partial charge in [-0.05, 0) is 6.42 Å². The predicted octanol–water partition coefficient (Wildman–Crippen LogP) is 0.955. The molecule has 0 aliphatic heterocycles. The van der Waals surface area contributed by atoms with Gasteiger partial charge in [0.05, 0.1) is 0 Å². The van der Waals surface area contributed by atoms with Crippen molar-refractivity contribution in [1.29, 1.82) is 0 Å². The molecular weight excluding hydrogens is 233 g/mol. The van der Waals surface area contributed by atoms with Gasteiger partial charge in [0.1, 0.15) is 6.04 Å². The lowest BCUT2D eigenvalue weighted by atomic mass is 10.2. The van der Waals surface area contributed by atoms with Crippen LogP contribution in [0, 0.1) is 0 Å². The second-order valence-corrected chi connectivity index (χ2v) is 2.15. The van der Waals surface area contributed by atoms with Gasteiger partial charge >= 0.3 is 5.97 Å². The molecule has 0 aromatic heterocycles. The number of carboxylic acid groups (broad SMARTS) is 1. The minimum atomic E-state index is -0.843. The first-order valence-corrected chi connectivity index (χ1v) is 3.50. The number of halogens is 1. The molecule has 0 saturated heterocycles. The quantitative estimate of drug-likeness (QED) is 0.437. The molecule has 0 heterocycles. The molecule has 3 nitrogen and oxygen atoms in total. The molecule has 0 aromatic carbocycles. The van der Waals surface area contributed by atoms with E-state index in [4.69, 9.17) is 5.11 Å². The molecule has 0 amide bonds. The van der Waals surface area contributed by atoms with Crippen LogP contribution in [0.5, 0.6) is 0 Å². The molecule has 0 fully saturated rings. The van der Waals surface area contributed by atoms with E-state index < -0.39 is 12.0 Å². The van der Waals surface area contributed by atoms with E-state index in [2.05, 4.69) is 10.1 Å². The van der Waals surface area contributed by atoms with Gasteiger partial charge in [0, 0.05) is 22.9 Å². The maximum absolute atomic E-state index is 10.2. The average Bonchev–Trinajstić information content (AvgIpc) is 1.82. The Morgan fingerprint density at radius 2 is 2.56 bits per heavy atom. The Balaban J connectivity index is 3.67. The molecule has 2 N–H and O–H groups in total. The average molecular weight is 241 g/mol. The largest absolute Gasteiger partial charge is 0.480 e. The molecule has 0 aliphatic rings. The summed E-state index contributed by atoms with van der Waals surface area (Å²) in [5.41, 5.74) is 0. The fraction of sp³-hybridized carbons (Fsp3) is 0.400. The fourth-order valence-electron chi connectivity index (χ4n) is 0.359. The van der Waals surface area contributed by atoms with E-state index in [9.17, 15) is 4.79 Å². The van der Waals surface area contributed by atoms with Crippen LogP contribution >= 0.6 is 22.9 Å². The third-order valence-electron chi connectivity index (χ3n) is 0.832. The second kappa shape index (κ2) is 4.75. The highest BCUT2D eigenvalue weighted by atomic mass is 127. The molecule has 0 aliphatic carbocycles. The molecule has 0 rings (SSSR count). The highest BCUT2D eigenvalue weighted by Crippen LogP contribution is 1.94. The normalized spacial score (nSPS) is 12.6. The summed E-state index contributed by atoms with van der Waals surface area (Å²) in [6.45, 7) is 3.42.